The van der Waals surface area contributed by atoms with Gasteiger partial charge in [0, 0.05) is 5.56 Å². The highest BCUT2D eigenvalue weighted by molar-refractivity contribution is 5.16. The fourth-order valence-electron chi connectivity index (χ4n) is 2.31. The lowest BCUT2D eigenvalue weighted by Gasteiger charge is -2.19. The minimum absolute atomic E-state index is 0.118. The Balaban J connectivity index is 1.64. The molecule has 0 spiro atoms. The van der Waals surface area contributed by atoms with Crippen molar-refractivity contribution in [2.75, 3.05) is 6.79 Å². The highest BCUT2D eigenvalue weighted by atomic mass is 19.1. The van der Waals surface area contributed by atoms with Crippen LogP contribution in [0.2, 0.25) is 0 Å². The van der Waals surface area contributed by atoms with E-state index in [0.29, 0.717) is 5.56 Å². The van der Waals surface area contributed by atoms with Crippen molar-refractivity contribution in [2.45, 2.75) is 38.1 Å². The van der Waals surface area contributed by atoms with Gasteiger partial charge in [-0.1, -0.05) is 18.2 Å². The number of halogens is 1. The van der Waals surface area contributed by atoms with Gasteiger partial charge in [0.05, 0.1) is 12.7 Å². The minimum Gasteiger partial charge on any atom is -0.368 e. The Morgan fingerprint density at radius 2 is 2.17 bits per heavy atom. The second-order valence-electron chi connectivity index (χ2n) is 4.49. The summed E-state index contributed by atoms with van der Waals surface area (Å²) in [5.41, 5.74) is 0.534. The van der Waals surface area contributed by atoms with Crippen molar-refractivity contribution < 1.29 is 23.3 Å². The highest BCUT2D eigenvalue weighted by Crippen LogP contribution is 2.31. The molecular formula is C13H15FO4. The van der Waals surface area contributed by atoms with Crippen molar-refractivity contribution in [1.29, 1.82) is 0 Å². The third-order valence-corrected chi connectivity index (χ3v) is 3.29. The monoisotopic (exact) mass is 254 g/mol. The van der Waals surface area contributed by atoms with Gasteiger partial charge in [-0.3, -0.25) is 0 Å². The van der Waals surface area contributed by atoms with E-state index in [9.17, 15) is 4.39 Å². The first-order chi connectivity index (χ1) is 8.75. The predicted molar refractivity (Wildman–Crippen MR) is 60.1 cm³/mol. The Hall–Kier alpha value is -1.01. The molecule has 0 aliphatic carbocycles. The third kappa shape index (κ3) is 2.14. The Bertz CT molecular complexity index is 425. The van der Waals surface area contributed by atoms with Gasteiger partial charge in [-0.05, 0) is 13.0 Å². The molecule has 5 heteroatoms. The average Bonchev–Trinajstić information content (AvgIpc) is 2.90. The van der Waals surface area contributed by atoms with Crippen LogP contribution < -0.4 is 0 Å². The zero-order valence-corrected chi connectivity index (χ0v) is 10.0. The van der Waals surface area contributed by atoms with Gasteiger partial charge in [0.25, 0.3) is 0 Å². The standard InChI is InChI=1S/C13H15FO4/c1-8-11(12-13(18-8)17-7-16-12)15-6-9-4-2-3-5-10(9)14/h2-5,8,11-13H,6-7H2,1H3/t8-,11+,12-,13+/m1/s1. The predicted octanol–water partition coefficient (Wildman–Crippen LogP) is 1.83. The molecule has 2 fully saturated rings. The summed E-state index contributed by atoms with van der Waals surface area (Å²) in [6, 6.07) is 6.57. The molecule has 0 aromatic heterocycles. The molecule has 2 aliphatic heterocycles. The van der Waals surface area contributed by atoms with Crippen LogP contribution in [-0.2, 0) is 25.6 Å². The van der Waals surface area contributed by atoms with Crippen molar-refractivity contribution in [3.05, 3.63) is 35.6 Å². The van der Waals surface area contributed by atoms with Gasteiger partial charge in [0.15, 0.2) is 13.1 Å². The number of ether oxygens (including phenoxy) is 4. The van der Waals surface area contributed by atoms with E-state index >= 15 is 0 Å². The molecule has 0 N–H and O–H groups in total. The lowest BCUT2D eigenvalue weighted by Crippen LogP contribution is -2.33. The Labute approximate surface area is 105 Å². The maximum Gasteiger partial charge on any atom is 0.189 e. The molecule has 2 saturated heterocycles. The Kier molecular flexibility index (Phi) is 3.30. The van der Waals surface area contributed by atoms with E-state index in [2.05, 4.69) is 0 Å². The lowest BCUT2D eigenvalue weighted by atomic mass is 10.1. The average molecular weight is 254 g/mol. The van der Waals surface area contributed by atoms with E-state index in [4.69, 9.17) is 18.9 Å². The van der Waals surface area contributed by atoms with Gasteiger partial charge >= 0.3 is 0 Å². The van der Waals surface area contributed by atoms with E-state index in [1.165, 1.54) is 6.07 Å². The normalized spacial score (nSPS) is 34.8. The van der Waals surface area contributed by atoms with Crippen LogP contribution in [0, 0.1) is 5.82 Å². The Morgan fingerprint density at radius 1 is 1.33 bits per heavy atom. The molecule has 1 aromatic carbocycles. The summed E-state index contributed by atoms with van der Waals surface area (Å²) >= 11 is 0. The number of hydrogen-bond acceptors (Lipinski definition) is 4. The van der Waals surface area contributed by atoms with Gasteiger partial charge in [-0.25, -0.2) is 4.39 Å². The molecule has 0 bridgehead atoms. The van der Waals surface area contributed by atoms with Crippen LogP contribution in [0.1, 0.15) is 12.5 Å². The third-order valence-electron chi connectivity index (χ3n) is 3.29. The second-order valence-corrected chi connectivity index (χ2v) is 4.49. The highest BCUT2D eigenvalue weighted by Gasteiger charge is 2.48. The molecule has 4 atom stereocenters. The molecule has 4 nitrogen and oxygen atoms in total. The van der Waals surface area contributed by atoms with E-state index < -0.39 is 0 Å². The molecule has 1 aromatic rings. The molecule has 0 unspecified atom stereocenters. The fraction of sp³-hybridized carbons (Fsp3) is 0.538. The molecule has 3 rings (SSSR count). The van der Waals surface area contributed by atoms with Gasteiger partial charge in [0.1, 0.15) is 18.0 Å². The van der Waals surface area contributed by atoms with E-state index in [1.807, 2.05) is 6.92 Å². The van der Waals surface area contributed by atoms with Crippen molar-refractivity contribution in [2.24, 2.45) is 0 Å². The topological polar surface area (TPSA) is 36.9 Å². The SMILES string of the molecule is C[C@H]1O[C@@H]2OCO[C@@H]2[C@H]1OCc1ccccc1F. The zero-order valence-electron chi connectivity index (χ0n) is 10.0. The summed E-state index contributed by atoms with van der Waals surface area (Å²) in [5.74, 6) is -0.260. The summed E-state index contributed by atoms with van der Waals surface area (Å²) in [6.07, 6.45) is -0.915. The summed E-state index contributed by atoms with van der Waals surface area (Å²) in [5, 5.41) is 0. The number of hydrogen-bond donors (Lipinski definition) is 0. The Morgan fingerprint density at radius 3 is 3.00 bits per heavy atom. The van der Waals surface area contributed by atoms with Crippen molar-refractivity contribution in [3.63, 3.8) is 0 Å². The van der Waals surface area contributed by atoms with Crippen molar-refractivity contribution in [1.82, 2.24) is 0 Å². The number of benzene rings is 1. The molecule has 2 heterocycles. The van der Waals surface area contributed by atoms with Crippen LogP contribution in [0.3, 0.4) is 0 Å². The summed E-state index contributed by atoms with van der Waals surface area (Å²) in [7, 11) is 0. The van der Waals surface area contributed by atoms with Crippen molar-refractivity contribution in [3.8, 4) is 0 Å². The van der Waals surface area contributed by atoms with Crippen LogP contribution >= 0.6 is 0 Å². The molecule has 0 amide bonds. The minimum atomic E-state index is -0.356. The first-order valence-corrected chi connectivity index (χ1v) is 5.99. The van der Waals surface area contributed by atoms with Gasteiger partial charge in [0.2, 0.25) is 0 Å². The lowest BCUT2D eigenvalue weighted by molar-refractivity contribution is -0.129. The molecule has 0 radical (unpaired) electrons. The van der Waals surface area contributed by atoms with Crippen LogP contribution in [0.25, 0.3) is 0 Å². The van der Waals surface area contributed by atoms with E-state index in [1.54, 1.807) is 18.2 Å². The van der Waals surface area contributed by atoms with Gasteiger partial charge in [-0.15, -0.1) is 0 Å². The first-order valence-electron chi connectivity index (χ1n) is 5.99. The second kappa shape index (κ2) is 4.93. The van der Waals surface area contributed by atoms with E-state index in [0.717, 1.165) is 0 Å². The van der Waals surface area contributed by atoms with Crippen LogP contribution in [0.15, 0.2) is 24.3 Å². The molecule has 0 saturated carbocycles. The fourth-order valence-corrected chi connectivity index (χ4v) is 2.31. The molecule has 98 valence electrons. The van der Waals surface area contributed by atoms with Crippen LogP contribution in [0.5, 0.6) is 0 Å². The molecule has 18 heavy (non-hydrogen) atoms. The number of fused-ring (bicyclic) bond motifs is 1. The zero-order chi connectivity index (χ0) is 12.5. The van der Waals surface area contributed by atoms with Gasteiger partial charge < -0.3 is 18.9 Å². The molecular weight excluding hydrogens is 239 g/mol. The molecule has 2 aliphatic rings. The summed E-state index contributed by atoms with van der Waals surface area (Å²) in [6.45, 7) is 2.33. The van der Waals surface area contributed by atoms with Crippen molar-refractivity contribution >= 4 is 0 Å². The maximum absolute atomic E-state index is 13.5. The number of rotatable bonds is 3. The smallest absolute Gasteiger partial charge is 0.189 e. The first kappa shape index (κ1) is 12.0. The van der Waals surface area contributed by atoms with Crippen LogP contribution in [0.4, 0.5) is 4.39 Å². The summed E-state index contributed by atoms with van der Waals surface area (Å²) in [4.78, 5) is 0. The van der Waals surface area contributed by atoms with Crippen LogP contribution in [-0.4, -0.2) is 31.4 Å². The quantitative estimate of drug-likeness (QED) is 0.824. The van der Waals surface area contributed by atoms with E-state index in [-0.39, 0.29) is 43.8 Å². The van der Waals surface area contributed by atoms with Gasteiger partial charge in [-0.2, -0.15) is 0 Å². The summed E-state index contributed by atoms with van der Waals surface area (Å²) < 4.78 is 35.4. The largest absolute Gasteiger partial charge is 0.368 e. The maximum atomic E-state index is 13.5.